The molecule has 3 nitrogen and oxygen atoms in total. The number of amides is 1. The molecule has 3 rings (SSSR count). The molecule has 0 heterocycles. The van der Waals surface area contributed by atoms with Crippen LogP contribution in [0.4, 0.5) is 4.39 Å². The molecule has 1 aliphatic carbocycles. The molecule has 24 heavy (non-hydrogen) atoms. The van der Waals surface area contributed by atoms with Gasteiger partial charge < -0.3 is 9.64 Å². The number of nitrogens with zero attached hydrogens (tertiary/aromatic N) is 1. The highest BCUT2D eigenvalue weighted by Gasteiger charge is 2.45. The van der Waals surface area contributed by atoms with Crippen molar-refractivity contribution in [2.45, 2.75) is 12.3 Å². The summed E-state index contributed by atoms with van der Waals surface area (Å²) in [6.07, 6.45) is 0.823. The second-order valence-electron chi connectivity index (χ2n) is 6.07. The lowest BCUT2D eigenvalue weighted by Gasteiger charge is -2.17. The fourth-order valence-electron chi connectivity index (χ4n) is 2.80. The van der Waals surface area contributed by atoms with E-state index in [1.807, 2.05) is 12.1 Å². The number of likely N-dealkylation sites (N-methyl/N-ethyl adjacent to an activating group) is 1. The molecule has 2 unspecified atom stereocenters. The molecule has 1 fully saturated rings. The number of carbonyl (C=O) groups is 1. The maximum atomic E-state index is 13.0. The lowest BCUT2D eigenvalue weighted by Crippen LogP contribution is -2.32. The topological polar surface area (TPSA) is 29.5 Å². The standard InChI is InChI=1S/C19H19ClFNO2/c1-22(9-10-24-16-4-2-3-14(20)11-16)19(23)18-12-17(18)13-5-7-15(21)8-6-13/h2-8,11,17-18H,9-10,12H2,1H3. The molecule has 1 saturated carbocycles. The van der Waals surface area contributed by atoms with Crippen molar-refractivity contribution in [3.8, 4) is 5.75 Å². The van der Waals surface area contributed by atoms with Gasteiger partial charge in [-0.1, -0.05) is 29.8 Å². The lowest BCUT2D eigenvalue weighted by atomic mass is 10.1. The van der Waals surface area contributed by atoms with Crippen molar-refractivity contribution in [1.29, 1.82) is 0 Å². The molecule has 2 aromatic rings. The summed E-state index contributed by atoms with van der Waals surface area (Å²) >= 11 is 5.90. The van der Waals surface area contributed by atoms with Crippen molar-refractivity contribution in [2.24, 2.45) is 5.92 Å². The molecule has 2 aromatic carbocycles. The average molecular weight is 348 g/mol. The molecule has 0 N–H and O–H groups in total. The molecule has 0 radical (unpaired) electrons. The van der Waals surface area contributed by atoms with Gasteiger partial charge in [0.25, 0.3) is 0 Å². The minimum absolute atomic E-state index is 0.00775. The molecule has 126 valence electrons. The van der Waals surface area contributed by atoms with Crippen LogP contribution in [0, 0.1) is 11.7 Å². The van der Waals surface area contributed by atoms with Crippen molar-refractivity contribution in [1.82, 2.24) is 4.90 Å². The summed E-state index contributed by atoms with van der Waals surface area (Å²) in [5.74, 6) is 0.747. The highest BCUT2D eigenvalue weighted by Crippen LogP contribution is 2.48. The largest absolute Gasteiger partial charge is 0.492 e. The van der Waals surface area contributed by atoms with E-state index >= 15 is 0 Å². The predicted octanol–water partition coefficient (Wildman–Crippen LogP) is 4.12. The first-order valence-corrected chi connectivity index (χ1v) is 8.31. The van der Waals surface area contributed by atoms with Gasteiger partial charge in [-0.05, 0) is 48.2 Å². The first-order valence-electron chi connectivity index (χ1n) is 7.93. The van der Waals surface area contributed by atoms with Gasteiger partial charge in [-0.2, -0.15) is 0 Å². The minimum Gasteiger partial charge on any atom is -0.492 e. The third kappa shape index (κ3) is 4.06. The van der Waals surface area contributed by atoms with Crippen LogP contribution in [-0.2, 0) is 4.79 Å². The van der Waals surface area contributed by atoms with E-state index in [2.05, 4.69) is 0 Å². The van der Waals surface area contributed by atoms with Crippen LogP contribution in [0.15, 0.2) is 48.5 Å². The summed E-state index contributed by atoms with van der Waals surface area (Å²) in [5.41, 5.74) is 1.03. The summed E-state index contributed by atoms with van der Waals surface area (Å²) in [7, 11) is 1.78. The number of hydrogen-bond donors (Lipinski definition) is 0. The summed E-state index contributed by atoms with van der Waals surface area (Å²) in [6, 6.07) is 13.6. The second-order valence-corrected chi connectivity index (χ2v) is 6.50. The molecule has 1 aliphatic rings. The quantitative estimate of drug-likeness (QED) is 0.786. The SMILES string of the molecule is CN(CCOc1cccc(Cl)c1)C(=O)C1CC1c1ccc(F)cc1. The molecule has 0 saturated heterocycles. The summed E-state index contributed by atoms with van der Waals surface area (Å²) in [6.45, 7) is 0.925. The van der Waals surface area contributed by atoms with Crippen molar-refractivity contribution < 1.29 is 13.9 Å². The van der Waals surface area contributed by atoms with E-state index in [1.165, 1.54) is 12.1 Å². The van der Waals surface area contributed by atoms with Crippen LogP contribution < -0.4 is 4.74 Å². The highest BCUT2D eigenvalue weighted by atomic mass is 35.5. The Morgan fingerprint density at radius 2 is 2.04 bits per heavy atom. The maximum Gasteiger partial charge on any atom is 0.226 e. The van der Waals surface area contributed by atoms with E-state index in [0.717, 1.165) is 12.0 Å². The van der Waals surface area contributed by atoms with Crippen molar-refractivity contribution in [3.63, 3.8) is 0 Å². The highest BCUT2D eigenvalue weighted by molar-refractivity contribution is 6.30. The Kier molecular flexibility index (Phi) is 5.05. The first-order chi connectivity index (χ1) is 11.5. The van der Waals surface area contributed by atoms with Gasteiger partial charge in [0, 0.05) is 18.0 Å². The molecule has 0 spiro atoms. The monoisotopic (exact) mass is 347 g/mol. The van der Waals surface area contributed by atoms with Gasteiger partial charge in [-0.25, -0.2) is 4.39 Å². The second kappa shape index (κ2) is 7.22. The number of halogens is 2. The van der Waals surface area contributed by atoms with E-state index in [9.17, 15) is 9.18 Å². The zero-order valence-electron chi connectivity index (χ0n) is 13.4. The molecular weight excluding hydrogens is 329 g/mol. The fourth-order valence-corrected chi connectivity index (χ4v) is 2.98. The van der Waals surface area contributed by atoms with E-state index in [1.54, 1.807) is 36.2 Å². The Morgan fingerprint density at radius 3 is 2.75 bits per heavy atom. The number of rotatable bonds is 6. The molecule has 0 aliphatic heterocycles. The number of carbonyl (C=O) groups excluding carboxylic acids is 1. The van der Waals surface area contributed by atoms with Gasteiger partial charge in [0.15, 0.2) is 0 Å². The van der Waals surface area contributed by atoms with Gasteiger partial charge in [-0.15, -0.1) is 0 Å². The normalized spacial score (nSPS) is 19.0. The van der Waals surface area contributed by atoms with E-state index < -0.39 is 0 Å². The van der Waals surface area contributed by atoms with Crippen molar-refractivity contribution in [2.75, 3.05) is 20.2 Å². The molecule has 1 amide bonds. The Bertz CT molecular complexity index is 720. The number of benzene rings is 2. The first kappa shape index (κ1) is 16.8. The van der Waals surface area contributed by atoms with Gasteiger partial charge in [0.2, 0.25) is 5.91 Å². The smallest absolute Gasteiger partial charge is 0.226 e. The van der Waals surface area contributed by atoms with E-state index in [0.29, 0.717) is 23.9 Å². The summed E-state index contributed by atoms with van der Waals surface area (Å²) in [5, 5.41) is 0.622. The predicted molar refractivity (Wildman–Crippen MR) is 91.8 cm³/mol. The van der Waals surface area contributed by atoms with Crippen LogP contribution in [0.3, 0.4) is 0 Å². The summed E-state index contributed by atoms with van der Waals surface area (Å²) in [4.78, 5) is 14.1. The van der Waals surface area contributed by atoms with Gasteiger partial charge in [0.05, 0.1) is 6.54 Å². The molecule has 0 bridgehead atoms. The molecular formula is C19H19ClFNO2. The van der Waals surface area contributed by atoms with Crippen LogP contribution in [0.1, 0.15) is 17.9 Å². The minimum atomic E-state index is -0.252. The Labute approximate surface area is 146 Å². The van der Waals surface area contributed by atoms with Gasteiger partial charge in [-0.3, -0.25) is 4.79 Å². The Morgan fingerprint density at radius 1 is 1.29 bits per heavy atom. The zero-order valence-corrected chi connectivity index (χ0v) is 14.2. The zero-order chi connectivity index (χ0) is 17.1. The molecule has 5 heteroatoms. The van der Waals surface area contributed by atoms with Gasteiger partial charge in [0.1, 0.15) is 18.2 Å². The summed E-state index contributed by atoms with van der Waals surface area (Å²) < 4.78 is 18.6. The third-order valence-electron chi connectivity index (χ3n) is 4.27. The van der Waals surface area contributed by atoms with Gasteiger partial charge >= 0.3 is 0 Å². The maximum absolute atomic E-state index is 13.0. The Hall–Kier alpha value is -2.07. The van der Waals surface area contributed by atoms with E-state index in [-0.39, 0.29) is 23.6 Å². The fraction of sp³-hybridized carbons (Fsp3) is 0.316. The molecule has 0 aromatic heterocycles. The molecule has 2 atom stereocenters. The lowest BCUT2D eigenvalue weighted by molar-refractivity contribution is -0.131. The van der Waals surface area contributed by atoms with Crippen LogP contribution in [0.25, 0.3) is 0 Å². The number of ether oxygens (including phenoxy) is 1. The van der Waals surface area contributed by atoms with Crippen LogP contribution >= 0.6 is 11.6 Å². The van der Waals surface area contributed by atoms with Crippen LogP contribution in [0.2, 0.25) is 5.02 Å². The van der Waals surface area contributed by atoms with Crippen molar-refractivity contribution >= 4 is 17.5 Å². The average Bonchev–Trinajstić information content (AvgIpc) is 3.35. The van der Waals surface area contributed by atoms with Crippen LogP contribution in [-0.4, -0.2) is 31.0 Å². The third-order valence-corrected chi connectivity index (χ3v) is 4.51. The van der Waals surface area contributed by atoms with E-state index in [4.69, 9.17) is 16.3 Å². The van der Waals surface area contributed by atoms with Crippen molar-refractivity contribution in [3.05, 3.63) is 64.9 Å². The van der Waals surface area contributed by atoms with Crippen LogP contribution in [0.5, 0.6) is 5.75 Å². The number of hydrogen-bond acceptors (Lipinski definition) is 2. The Balaban J connectivity index is 1.46.